The van der Waals surface area contributed by atoms with Crippen molar-refractivity contribution in [2.24, 2.45) is 0 Å². The van der Waals surface area contributed by atoms with Gasteiger partial charge in [-0.2, -0.15) is 0 Å². The van der Waals surface area contributed by atoms with Crippen molar-refractivity contribution in [3.05, 3.63) is 58.7 Å². The lowest BCUT2D eigenvalue weighted by Crippen LogP contribution is -2.30. The number of nitrogens with one attached hydrogen (secondary N) is 1. The maximum atomic E-state index is 11.3. The topological polar surface area (TPSA) is 67.8 Å². The zero-order valence-corrected chi connectivity index (χ0v) is 15.7. The van der Waals surface area contributed by atoms with Crippen molar-refractivity contribution in [3.63, 3.8) is 0 Å². The van der Waals surface area contributed by atoms with Gasteiger partial charge >= 0.3 is 5.97 Å². The van der Waals surface area contributed by atoms with E-state index in [-0.39, 0.29) is 6.42 Å². The van der Waals surface area contributed by atoms with Gasteiger partial charge in [0.15, 0.2) is 0 Å². The second-order valence-corrected chi connectivity index (χ2v) is 6.80. The Morgan fingerprint density at radius 3 is 2.73 bits per heavy atom. The van der Waals surface area contributed by atoms with Gasteiger partial charge in [0.25, 0.3) is 0 Å². The molecule has 0 saturated carbocycles. The van der Waals surface area contributed by atoms with Crippen LogP contribution in [0.15, 0.2) is 36.4 Å². The number of fused-ring (bicyclic) bond motifs is 1. The molecule has 0 saturated heterocycles. The summed E-state index contributed by atoms with van der Waals surface area (Å²) in [5.41, 5.74) is 4.73. The van der Waals surface area contributed by atoms with Crippen molar-refractivity contribution < 1.29 is 19.4 Å². The monoisotopic (exact) mass is 371 g/mol. The summed E-state index contributed by atoms with van der Waals surface area (Å²) in [6, 6.07) is 11.7. The SMILES string of the molecule is COc1cccc(C2OC(CC(=O)O)C(=S)Nc3ccc(C)cc32)c1C. The standard InChI is InChI=1S/C20H21NO4S/c1-11-7-8-15-14(9-11)19(13-5-4-6-16(24-3)12(13)2)25-17(10-18(22)23)20(26)21-15/h4-9,17,19H,10H2,1-3H3,(H,21,26)(H,22,23). The average Bonchev–Trinajstić information content (AvgIpc) is 2.72. The Labute approximate surface area is 157 Å². The van der Waals surface area contributed by atoms with E-state index in [2.05, 4.69) is 5.32 Å². The fraction of sp³-hybridized carbons (Fsp3) is 0.300. The summed E-state index contributed by atoms with van der Waals surface area (Å²) in [5.74, 6) is -0.197. The molecular weight excluding hydrogens is 350 g/mol. The molecule has 2 aromatic carbocycles. The van der Waals surface area contributed by atoms with Crippen LogP contribution < -0.4 is 10.1 Å². The smallest absolute Gasteiger partial charge is 0.306 e. The maximum Gasteiger partial charge on any atom is 0.306 e. The Morgan fingerprint density at radius 1 is 1.27 bits per heavy atom. The Hall–Kier alpha value is -2.44. The molecule has 5 nitrogen and oxygen atoms in total. The zero-order valence-electron chi connectivity index (χ0n) is 14.9. The summed E-state index contributed by atoms with van der Waals surface area (Å²) < 4.78 is 11.7. The summed E-state index contributed by atoms with van der Waals surface area (Å²) in [5, 5.41) is 12.4. The maximum absolute atomic E-state index is 11.3. The quantitative estimate of drug-likeness (QED) is 0.792. The number of benzene rings is 2. The lowest BCUT2D eigenvalue weighted by molar-refractivity contribution is -0.139. The number of thiocarbonyl (C=S) groups is 1. The fourth-order valence-electron chi connectivity index (χ4n) is 3.20. The van der Waals surface area contributed by atoms with Crippen LogP contribution >= 0.6 is 12.2 Å². The van der Waals surface area contributed by atoms with E-state index in [4.69, 9.17) is 21.7 Å². The summed E-state index contributed by atoms with van der Waals surface area (Å²) >= 11 is 5.40. The summed E-state index contributed by atoms with van der Waals surface area (Å²) in [6.07, 6.45) is -1.36. The molecule has 6 heteroatoms. The minimum Gasteiger partial charge on any atom is -0.496 e. The van der Waals surface area contributed by atoms with Crippen molar-refractivity contribution in [2.45, 2.75) is 32.5 Å². The van der Waals surface area contributed by atoms with Gasteiger partial charge in [0.2, 0.25) is 0 Å². The number of carboxylic acid groups (broad SMARTS) is 1. The number of carbonyl (C=O) groups is 1. The van der Waals surface area contributed by atoms with Crippen molar-refractivity contribution in [2.75, 3.05) is 12.4 Å². The highest BCUT2D eigenvalue weighted by Gasteiger charge is 2.32. The van der Waals surface area contributed by atoms with E-state index >= 15 is 0 Å². The molecule has 1 heterocycles. The van der Waals surface area contributed by atoms with E-state index < -0.39 is 18.2 Å². The third-order valence-corrected chi connectivity index (χ3v) is 4.89. The van der Waals surface area contributed by atoms with Gasteiger partial charge < -0.3 is 19.9 Å². The third-order valence-electron chi connectivity index (χ3n) is 4.53. The fourth-order valence-corrected chi connectivity index (χ4v) is 3.45. The zero-order chi connectivity index (χ0) is 18.8. The van der Waals surface area contributed by atoms with Crippen LogP contribution in [0.2, 0.25) is 0 Å². The number of ether oxygens (including phenoxy) is 2. The molecule has 136 valence electrons. The number of hydrogen-bond acceptors (Lipinski definition) is 4. The van der Waals surface area contributed by atoms with Crippen molar-refractivity contribution in [1.82, 2.24) is 0 Å². The number of carboxylic acids is 1. The molecular formula is C20H21NO4S. The van der Waals surface area contributed by atoms with Crippen molar-refractivity contribution >= 4 is 28.9 Å². The van der Waals surface area contributed by atoms with Crippen molar-refractivity contribution in [1.29, 1.82) is 0 Å². The molecule has 0 aromatic heterocycles. The Balaban J connectivity index is 2.15. The molecule has 0 bridgehead atoms. The largest absolute Gasteiger partial charge is 0.496 e. The van der Waals surface area contributed by atoms with E-state index in [1.165, 1.54) is 0 Å². The number of aliphatic carboxylic acids is 1. The second-order valence-electron chi connectivity index (χ2n) is 6.36. The molecule has 2 unspecified atom stereocenters. The highest BCUT2D eigenvalue weighted by atomic mass is 32.1. The van der Waals surface area contributed by atoms with Crippen molar-refractivity contribution in [3.8, 4) is 5.75 Å². The normalized spacial score (nSPS) is 19.3. The number of anilines is 1. The van der Waals surface area contributed by atoms with Gasteiger partial charge in [-0.05, 0) is 37.1 Å². The molecule has 0 spiro atoms. The first kappa shape index (κ1) is 18.4. The molecule has 0 radical (unpaired) electrons. The Kier molecular flexibility index (Phi) is 5.25. The van der Waals surface area contributed by atoms with Crippen LogP contribution in [0.3, 0.4) is 0 Å². The molecule has 0 fully saturated rings. The first-order valence-electron chi connectivity index (χ1n) is 8.33. The van der Waals surface area contributed by atoms with E-state index in [1.54, 1.807) is 7.11 Å². The van der Waals surface area contributed by atoms with Gasteiger partial charge in [0.1, 0.15) is 22.9 Å². The van der Waals surface area contributed by atoms with Gasteiger partial charge in [-0.25, -0.2) is 0 Å². The molecule has 0 amide bonds. The summed E-state index contributed by atoms with van der Waals surface area (Å²) in [6.45, 7) is 3.98. The van der Waals surface area contributed by atoms with Gasteiger partial charge in [-0.15, -0.1) is 0 Å². The van der Waals surface area contributed by atoms with Crippen LogP contribution in [0, 0.1) is 13.8 Å². The van der Waals surface area contributed by atoms with E-state index in [1.807, 2.05) is 50.2 Å². The second kappa shape index (κ2) is 7.43. The minimum atomic E-state index is -0.956. The van der Waals surface area contributed by atoms with Crippen LogP contribution in [0.5, 0.6) is 5.75 Å². The van der Waals surface area contributed by atoms with Crippen LogP contribution in [0.1, 0.15) is 34.8 Å². The molecule has 1 aliphatic heterocycles. The highest BCUT2D eigenvalue weighted by molar-refractivity contribution is 7.80. The molecule has 1 aliphatic rings. The molecule has 26 heavy (non-hydrogen) atoms. The van der Waals surface area contributed by atoms with Crippen LogP contribution in [-0.4, -0.2) is 29.3 Å². The minimum absolute atomic E-state index is 0.196. The van der Waals surface area contributed by atoms with Crippen LogP contribution in [0.4, 0.5) is 5.69 Å². The van der Waals surface area contributed by atoms with E-state index in [0.29, 0.717) is 4.99 Å². The first-order chi connectivity index (χ1) is 12.4. The van der Waals surface area contributed by atoms with Gasteiger partial charge in [-0.1, -0.05) is 42.0 Å². The summed E-state index contributed by atoms with van der Waals surface area (Å²) in [4.78, 5) is 11.7. The Bertz CT molecular complexity index is 865. The lowest BCUT2D eigenvalue weighted by atomic mass is 9.94. The van der Waals surface area contributed by atoms with Gasteiger partial charge in [-0.3, -0.25) is 4.79 Å². The molecule has 3 rings (SSSR count). The predicted octanol–water partition coefficient (Wildman–Crippen LogP) is 4.01. The Morgan fingerprint density at radius 2 is 2.04 bits per heavy atom. The molecule has 2 atom stereocenters. The predicted molar refractivity (Wildman–Crippen MR) is 104 cm³/mol. The third kappa shape index (κ3) is 3.57. The summed E-state index contributed by atoms with van der Waals surface area (Å²) in [7, 11) is 1.63. The highest BCUT2D eigenvalue weighted by Crippen LogP contribution is 2.39. The number of methoxy groups -OCH3 is 1. The van der Waals surface area contributed by atoms with E-state index in [9.17, 15) is 9.90 Å². The number of rotatable bonds is 4. The first-order valence-corrected chi connectivity index (χ1v) is 8.73. The molecule has 2 N–H and O–H groups in total. The van der Waals surface area contributed by atoms with Crippen LogP contribution in [-0.2, 0) is 9.53 Å². The number of hydrogen-bond donors (Lipinski definition) is 2. The average molecular weight is 371 g/mol. The molecule has 0 aliphatic carbocycles. The molecule has 2 aromatic rings. The van der Waals surface area contributed by atoms with Gasteiger partial charge in [0.05, 0.1) is 13.5 Å². The number of aryl methyl sites for hydroxylation is 1. The van der Waals surface area contributed by atoms with Gasteiger partial charge in [0, 0.05) is 11.3 Å². The van der Waals surface area contributed by atoms with Crippen LogP contribution in [0.25, 0.3) is 0 Å². The lowest BCUT2D eigenvalue weighted by Gasteiger charge is -2.24. The van der Waals surface area contributed by atoms with E-state index in [0.717, 1.165) is 33.7 Å².